The summed E-state index contributed by atoms with van der Waals surface area (Å²) >= 11 is 18.3. The van der Waals surface area contributed by atoms with Gasteiger partial charge in [0, 0.05) is 17.6 Å². The molecule has 3 nitrogen and oxygen atoms in total. The van der Waals surface area contributed by atoms with Crippen molar-refractivity contribution in [3.05, 3.63) is 56.5 Å². The maximum atomic E-state index is 6.39. The van der Waals surface area contributed by atoms with Crippen LogP contribution in [-0.4, -0.2) is 13.7 Å². The van der Waals surface area contributed by atoms with E-state index in [0.717, 1.165) is 17.7 Å². The van der Waals surface area contributed by atoms with Crippen LogP contribution in [0.15, 0.2) is 30.3 Å². The molecule has 0 amide bonds. The van der Waals surface area contributed by atoms with Gasteiger partial charge in [-0.25, -0.2) is 0 Å². The number of benzene rings is 2. The third-order valence-electron chi connectivity index (χ3n) is 3.58. The van der Waals surface area contributed by atoms with Crippen molar-refractivity contribution in [2.24, 2.45) is 5.92 Å². The molecule has 0 aliphatic rings. The highest BCUT2D eigenvalue weighted by molar-refractivity contribution is 6.42. The zero-order valence-corrected chi connectivity index (χ0v) is 16.8. The minimum absolute atomic E-state index is 0.342. The van der Waals surface area contributed by atoms with Gasteiger partial charge < -0.3 is 14.8 Å². The number of hydrogen-bond donors (Lipinski definition) is 1. The molecule has 2 aromatic rings. The van der Waals surface area contributed by atoms with Crippen LogP contribution in [0.3, 0.4) is 0 Å². The first kappa shape index (κ1) is 20.2. The first-order valence-corrected chi connectivity index (χ1v) is 9.18. The largest absolute Gasteiger partial charge is 0.493 e. The van der Waals surface area contributed by atoms with Crippen LogP contribution in [0.2, 0.25) is 15.1 Å². The second-order valence-electron chi connectivity index (χ2n) is 6.16. The van der Waals surface area contributed by atoms with Crippen molar-refractivity contribution in [2.45, 2.75) is 27.0 Å². The van der Waals surface area contributed by atoms with Gasteiger partial charge in [0.05, 0.1) is 17.2 Å². The van der Waals surface area contributed by atoms with E-state index in [0.29, 0.717) is 45.6 Å². The molecule has 0 aliphatic carbocycles. The molecule has 0 unspecified atom stereocenters. The molecular formula is C19H22Cl3NO2. The highest BCUT2D eigenvalue weighted by Gasteiger charge is 2.11. The summed E-state index contributed by atoms with van der Waals surface area (Å²) in [6.07, 6.45) is 0. The van der Waals surface area contributed by atoms with Crippen LogP contribution in [0.5, 0.6) is 11.5 Å². The molecule has 0 atom stereocenters. The lowest BCUT2D eigenvalue weighted by molar-refractivity contribution is 0.284. The Morgan fingerprint density at radius 2 is 1.72 bits per heavy atom. The van der Waals surface area contributed by atoms with Gasteiger partial charge in [-0.1, -0.05) is 54.7 Å². The maximum Gasteiger partial charge on any atom is 0.163 e. The van der Waals surface area contributed by atoms with E-state index in [9.17, 15) is 0 Å². The number of nitrogens with one attached hydrogen (secondary N) is 1. The Balaban J connectivity index is 2.09. The van der Waals surface area contributed by atoms with Crippen LogP contribution >= 0.6 is 34.8 Å². The van der Waals surface area contributed by atoms with Crippen LogP contribution in [0.25, 0.3) is 0 Å². The minimum atomic E-state index is 0.342. The van der Waals surface area contributed by atoms with Crippen LogP contribution < -0.4 is 14.8 Å². The summed E-state index contributed by atoms with van der Waals surface area (Å²) < 4.78 is 11.3. The highest BCUT2D eigenvalue weighted by atomic mass is 35.5. The Kier molecular flexibility index (Phi) is 7.70. The normalized spacial score (nSPS) is 11.0. The van der Waals surface area contributed by atoms with Crippen molar-refractivity contribution >= 4 is 34.8 Å². The van der Waals surface area contributed by atoms with Crippen molar-refractivity contribution in [2.75, 3.05) is 13.7 Å². The molecule has 0 spiro atoms. The van der Waals surface area contributed by atoms with Gasteiger partial charge in [-0.3, -0.25) is 0 Å². The van der Waals surface area contributed by atoms with Crippen LogP contribution in [-0.2, 0) is 13.2 Å². The van der Waals surface area contributed by atoms with Crippen molar-refractivity contribution in [1.29, 1.82) is 0 Å². The predicted molar refractivity (Wildman–Crippen MR) is 105 cm³/mol. The molecule has 0 radical (unpaired) electrons. The zero-order valence-electron chi connectivity index (χ0n) is 14.5. The second-order valence-corrected chi connectivity index (χ2v) is 7.38. The smallest absolute Gasteiger partial charge is 0.163 e. The third kappa shape index (κ3) is 5.96. The van der Waals surface area contributed by atoms with E-state index in [1.807, 2.05) is 12.1 Å². The topological polar surface area (TPSA) is 30.5 Å². The average Bonchev–Trinajstić information content (AvgIpc) is 2.57. The van der Waals surface area contributed by atoms with Gasteiger partial charge in [-0.2, -0.15) is 0 Å². The average molecular weight is 403 g/mol. The van der Waals surface area contributed by atoms with E-state index in [2.05, 4.69) is 19.2 Å². The van der Waals surface area contributed by atoms with E-state index in [-0.39, 0.29) is 0 Å². The van der Waals surface area contributed by atoms with Crippen LogP contribution in [0.4, 0.5) is 0 Å². The highest BCUT2D eigenvalue weighted by Crippen LogP contribution is 2.34. The second kappa shape index (κ2) is 9.54. The summed E-state index contributed by atoms with van der Waals surface area (Å²) in [7, 11) is 1.61. The summed E-state index contributed by atoms with van der Waals surface area (Å²) in [4.78, 5) is 0. The van der Waals surface area contributed by atoms with Gasteiger partial charge in [0.15, 0.2) is 11.5 Å². The van der Waals surface area contributed by atoms with Crippen molar-refractivity contribution < 1.29 is 9.47 Å². The van der Waals surface area contributed by atoms with Gasteiger partial charge >= 0.3 is 0 Å². The van der Waals surface area contributed by atoms with Crippen molar-refractivity contribution in [3.8, 4) is 11.5 Å². The molecule has 0 heterocycles. The number of rotatable bonds is 8. The number of halogens is 3. The van der Waals surface area contributed by atoms with Crippen molar-refractivity contribution in [3.63, 3.8) is 0 Å². The zero-order chi connectivity index (χ0) is 18.4. The van der Waals surface area contributed by atoms with Gasteiger partial charge in [-0.15, -0.1) is 0 Å². The molecule has 0 aliphatic heterocycles. The first-order chi connectivity index (χ1) is 11.9. The molecule has 0 fully saturated rings. The van der Waals surface area contributed by atoms with E-state index in [1.165, 1.54) is 0 Å². The van der Waals surface area contributed by atoms with Crippen LogP contribution in [0, 0.1) is 5.92 Å². The molecule has 0 bridgehead atoms. The molecule has 6 heteroatoms. The fourth-order valence-electron chi connectivity index (χ4n) is 2.27. The predicted octanol–water partition coefficient (Wildman–Crippen LogP) is 5.98. The van der Waals surface area contributed by atoms with E-state index < -0.39 is 0 Å². The van der Waals surface area contributed by atoms with E-state index in [4.69, 9.17) is 44.3 Å². The lowest BCUT2D eigenvalue weighted by Crippen LogP contribution is -2.19. The Morgan fingerprint density at radius 1 is 0.960 bits per heavy atom. The Labute approximate surface area is 164 Å². The van der Waals surface area contributed by atoms with Crippen molar-refractivity contribution in [1.82, 2.24) is 5.32 Å². The lowest BCUT2D eigenvalue weighted by Gasteiger charge is -2.15. The Hall–Kier alpha value is -1.13. The standard InChI is InChI=1S/C19H22Cl3NO2/c1-12(2)9-23-10-14-7-18(24-3)19(8-16(14)21)25-11-13-4-5-15(20)17(22)6-13/h4-8,12,23H,9-11H2,1-3H3. The molecule has 1 N–H and O–H groups in total. The third-order valence-corrected chi connectivity index (χ3v) is 4.67. The number of ether oxygens (including phenoxy) is 2. The van der Waals surface area contributed by atoms with Gasteiger partial charge in [0.25, 0.3) is 0 Å². The monoisotopic (exact) mass is 401 g/mol. The maximum absolute atomic E-state index is 6.39. The summed E-state index contributed by atoms with van der Waals surface area (Å²) in [5, 5.41) is 5.03. The molecule has 2 aromatic carbocycles. The Morgan fingerprint density at radius 3 is 2.36 bits per heavy atom. The molecule has 0 aromatic heterocycles. The van der Waals surface area contributed by atoms with E-state index in [1.54, 1.807) is 25.3 Å². The fraction of sp³-hybridized carbons (Fsp3) is 0.368. The SMILES string of the molecule is COc1cc(CNCC(C)C)c(Cl)cc1OCc1ccc(Cl)c(Cl)c1. The molecule has 0 saturated carbocycles. The van der Waals surface area contributed by atoms with Gasteiger partial charge in [-0.05, 0) is 41.8 Å². The lowest BCUT2D eigenvalue weighted by atomic mass is 10.1. The van der Waals surface area contributed by atoms with Gasteiger partial charge in [0.1, 0.15) is 6.61 Å². The Bertz CT molecular complexity index is 720. The fourth-order valence-corrected chi connectivity index (χ4v) is 2.81. The van der Waals surface area contributed by atoms with Gasteiger partial charge in [0.2, 0.25) is 0 Å². The molecule has 2 rings (SSSR count). The summed E-state index contributed by atoms with van der Waals surface area (Å²) in [5.41, 5.74) is 1.89. The first-order valence-electron chi connectivity index (χ1n) is 8.04. The summed E-state index contributed by atoms with van der Waals surface area (Å²) in [6.45, 7) is 6.27. The summed E-state index contributed by atoms with van der Waals surface area (Å²) in [6, 6.07) is 9.08. The summed E-state index contributed by atoms with van der Waals surface area (Å²) in [5.74, 6) is 1.81. The van der Waals surface area contributed by atoms with Crippen LogP contribution in [0.1, 0.15) is 25.0 Å². The molecular weight excluding hydrogens is 381 g/mol. The quantitative estimate of drug-likeness (QED) is 0.589. The number of hydrogen-bond acceptors (Lipinski definition) is 3. The molecule has 0 saturated heterocycles. The van der Waals surface area contributed by atoms with E-state index >= 15 is 0 Å². The molecule has 136 valence electrons. The number of methoxy groups -OCH3 is 1. The minimum Gasteiger partial charge on any atom is -0.493 e. The molecule has 25 heavy (non-hydrogen) atoms.